The molecule has 0 unspecified atom stereocenters. The predicted octanol–water partition coefficient (Wildman–Crippen LogP) is 4.31. The van der Waals surface area contributed by atoms with Crippen molar-refractivity contribution in [3.8, 4) is 0 Å². The smallest absolute Gasteiger partial charge is 0.258 e. The van der Waals surface area contributed by atoms with Crippen LogP contribution in [0.1, 0.15) is 15.9 Å². The third-order valence-corrected chi connectivity index (χ3v) is 4.11. The molecule has 1 heterocycles. The highest BCUT2D eigenvalue weighted by Crippen LogP contribution is 2.32. The number of amides is 1. The molecule has 0 atom stereocenters. The van der Waals surface area contributed by atoms with Gasteiger partial charge in [0.15, 0.2) is 0 Å². The number of anilines is 1. The van der Waals surface area contributed by atoms with Crippen LogP contribution in [0.4, 0.5) is 5.69 Å². The number of fused-ring (bicyclic) bond motifs is 1. The average Bonchev–Trinajstić information content (AvgIpc) is 2.43. The van der Waals surface area contributed by atoms with Gasteiger partial charge in [-0.3, -0.25) is 4.79 Å². The van der Waals surface area contributed by atoms with Gasteiger partial charge in [0.05, 0.1) is 10.7 Å². The number of carbonyl (C=O) groups excluding carboxylic acids is 1. The standard InChI is InChI=1S/C15H11BrClNO/c16-11-5-6-13(17)14(9-11)18-8-7-10-3-1-2-4-12(10)15(18)19/h1-6,9H,7-8H2. The van der Waals surface area contributed by atoms with Crippen LogP contribution in [0.2, 0.25) is 5.02 Å². The first kappa shape index (κ1) is 12.7. The summed E-state index contributed by atoms with van der Waals surface area (Å²) >= 11 is 9.63. The second-order valence-electron chi connectivity index (χ2n) is 4.46. The average molecular weight is 337 g/mol. The first-order chi connectivity index (χ1) is 9.16. The topological polar surface area (TPSA) is 20.3 Å². The fourth-order valence-electron chi connectivity index (χ4n) is 2.35. The summed E-state index contributed by atoms with van der Waals surface area (Å²) < 4.78 is 0.915. The molecule has 0 saturated carbocycles. The van der Waals surface area contributed by atoms with Gasteiger partial charge >= 0.3 is 0 Å². The van der Waals surface area contributed by atoms with Crippen LogP contribution in [0.15, 0.2) is 46.9 Å². The maximum absolute atomic E-state index is 12.5. The summed E-state index contributed by atoms with van der Waals surface area (Å²) in [6, 6.07) is 13.3. The van der Waals surface area contributed by atoms with E-state index in [-0.39, 0.29) is 5.91 Å². The number of hydrogen-bond acceptors (Lipinski definition) is 1. The molecule has 0 saturated heterocycles. The summed E-state index contributed by atoms with van der Waals surface area (Å²) in [4.78, 5) is 14.3. The first-order valence-electron chi connectivity index (χ1n) is 6.01. The second-order valence-corrected chi connectivity index (χ2v) is 5.78. The van der Waals surface area contributed by atoms with Gasteiger partial charge in [-0.2, -0.15) is 0 Å². The highest BCUT2D eigenvalue weighted by Gasteiger charge is 2.26. The Labute approximate surface area is 125 Å². The summed E-state index contributed by atoms with van der Waals surface area (Å²) in [5.74, 6) is 0.0156. The molecule has 96 valence electrons. The summed E-state index contributed by atoms with van der Waals surface area (Å²) in [5, 5.41) is 0.593. The van der Waals surface area contributed by atoms with Crippen molar-refractivity contribution in [2.45, 2.75) is 6.42 Å². The lowest BCUT2D eigenvalue weighted by molar-refractivity contribution is 0.0980. The normalized spacial score (nSPS) is 14.4. The van der Waals surface area contributed by atoms with Crippen LogP contribution in [0, 0.1) is 0 Å². The minimum atomic E-state index is 0.0156. The molecule has 19 heavy (non-hydrogen) atoms. The molecule has 2 nitrogen and oxygen atoms in total. The number of hydrogen-bond donors (Lipinski definition) is 0. The lowest BCUT2D eigenvalue weighted by atomic mass is 9.99. The number of carbonyl (C=O) groups is 1. The van der Waals surface area contributed by atoms with E-state index in [0.717, 1.165) is 27.7 Å². The van der Waals surface area contributed by atoms with Crippen LogP contribution in [-0.4, -0.2) is 12.5 Å². The minimum Gasteiger partial charge on any atom is -0.306 e. The third kappa shape index (κ3) is 2.28. The van der Waals surface area contributed by atoms with Gasteiger partial charge in [-0.05, 0) is 36.2 Å². The molecule has 2 aromatic rings. The summed E-state index contributed by atoms with van der Waals surface area (Å²) in [5.41, 5.74) is 2.63. The highest BCUT2D eigenvalue weighted by atomic mass is 79.9. The highest BCUT2D eigenvalue weighted by molar-refractivity contribution is 9.10. The van der Waals surface area contributed by atoms with E-state index >= 15 is 0 Å². The summed E-state index contributed by atoms with van der Waals surface area (Å²) in [7, 11) is 0. The van der Waals surface area contributed by atoms with Crippen molar-refractivity contribution < 1.29 is 4.79 Å². The molecule has 1 amide bonds. The third-order valence-electron chi connectivity index (χ3n) is 3.30. The predicted molar refractivity (Wildman–Crippen MR) is 81.0 cm³/mol. The van der Waals surface area contributed by atoms with Crippen molar-refractivity contribution in [1.82, 2.24) is 0 Å². The zero-order chi connectivity index (χ0) is 13.4. The Balaban J connectivity index is 2.05. The largest absolute Gasteiger partial charge is 0.306 e. The fraction of sp³-hybridized carbons (Fsp3) is 0.133. The molecule has 1 aliphatic heterocycles. The van der Waals surface area contributed by atoms with E-state index in [1.165, 1.54) is 0 Å². The molecular formula is C15H11BrClNO. The minimum absolute atomic E-state index is 0.0156. The molecule has 3 rings (SSSR count). The van der Waals surface area contributed by atoms with Gasteiger partial charge in [0.2, 0.25) is 0 Å². The van der Waals surface area contributed by atoms with Crippen LogP contribution in [-0.2, 0) is 6.42 Å². The summed E-state index contributed by atoms with van der Waals surface area (Å²) in [6.45, 7) is 0.659. The van der Waals surface area contributed by atoms with E-state index in [4.69, 9.17) is 11.6 Å². The van der Waals surface area contributed by atoms with Crippen LogP contribution in [0.25, 0.3) is 0 Å². The molecule has 0 N–H and O–H groups in total. The maximum atomic E-state index is 12.5. The molecule has 4 heteroatoms. The Kier molecular flexibility index (Phi) is 3.33. The van der Waals surface area contributed by atoms with Crippen LogP contribution in [0.5, 0.6) is 0 Å². The van der Waals surface area contributed by atoms with Crippen LogP contribution >= 0.6 is 27.5 Å². The first-order valence-corrected chi connectivity index (χ1v) is 7.19. The van der Waals surface area contributed by atoms with Gasteiger partial charge in [-0.1, -0.05) is 45.7 Å². The molecule has 2 aromatic carbocycles. The van der Waals surface area contributed by atoms with E-state index in [2.05, 4.69) is 15.9 Å². The van der Waals surface area contributed by atoms with E-state index in [9.17, 15) is 4.79 Å². The molecule has 1 aliphatic rings. The van der Waals surface area contributed by atoms with Crippen molar-refractivity contribution >= 4 is 39.1 Å². The lowest BCUT2D eigenvalue weighted by Gasteiger charge is -2.29. The quantitative estimate of drug-likeness (QED) is 0.760. The number of rotatable bonds is 1. The Morgan fingerprint density at radius 2 is 1.95 bits per heavy atom. The Bertz CT molecular complexity index is 656. The van der Waals surface area contributed by atoms with Crippen molar-refractivity contribution in [1.29, 1.82) is 0 Å². The van der Waals surface area contributed by atoms with Crippen molar-refractivity contribution in [2.24, 2.45) is 0 Å². The number of halogens is 2. The number of nitrogens with zero attached hydrogens (tertiary/aromatic N) is 1. The lowest BCUT2D eigenvalue weighted by Crippen LogP contribution is -2.37. The molecule has 0 bridgehead atoms. The zero-order valence-electron chi connectivity index (χ0n) is 10.1. The van der Waals surface area contributed by atoms with Crippen LogP contribution < -0.4 is 4.90 Å². The zero-order valence-corrected chi connectivity index (χ0v) is 12.4. The fourth-order valence-corrected chi connectivity index (χ4v) is 2.92. The van der Waals surface area contributed by atoms with Crippen molar-refractivity contribution in [3.63, 3.8) is 0 Å². The monoisotopic (exact) mass is 335 g/mol. The Morgan fingerprint density at radius 3 is 2.79 bits per heavy atom. The molecular weight excluding hydrogens is 326 g/mol. The van der Waals surface area contributed by atoms with E-state index in [1.807, 2.05) is 36.4 Å². The SMILES string of the molecule is O=C1c2ccccc2CCN1c1cc(Br)ccc1Cl. The molecule has 0 spiro atoms. The molecule has 0 fully saturated rings. The number of benzene rings is 2. The van der Waals surface area contributed by atoms with Crippen molar-refractivity contribution in [3.05, 3.63) is 63.1 Å². The van der Waals surface area contributed by atoms with E-state index in [1.54, 1.807) is 11.0 Å². The van der Waals surface area contributed by atoms with E-state index in [0.29, 0.717) is 11.6 Å². The summed E-state index contributed by atoms with van der Waals surface area (Å²) in [6.07, 6.45) is 0.852. The van der Waals surface area contributed by atoms with Gasteiger partial charge in [0, 0.05) is 16.6 Å². The van der Waals surface area contributed by atoms with Gasteiger partial charge in [-0.25, -0.2) is 0 Å². The van der Waals surface area contributed by atoms with Gasteiger partial charge in [0.1, 0.15) is 0 Å². The molecule has 0 radical (unpaired) electrons. The van der Waals surface area contributed by atoms with Gasteiger partial charge in [-0.15, -0.1) is 0 Å². The van der Waals surface area contributed by atoms with Gasteiger partial charge < -0.3 is 4.90 Å². The Morgan fingerprint density at radius 1 is 1.16 bits per heavy atom. The van der Waals surface area contributed by atoms with E-state index < -0.39 is 0 Å². The molecule has 0 aromatic heterocycles. The van der Waals surface area contributed by atoms with Gasteiger partial charge in [0.25, 0.3) is 5.91 Å². The second kappa shape index (κ2) is 4.99. The Hall–Kier alpha value is -1.32. The molecule has 0 aliphatic carbocycles. The maximum Gasteiger partial charge on any atom is 0.258 e. The van der Waals surface area contributed by atoms with Crippen molar-refractivity contribution in [2.75, 3.05) is 11.4 Å². The van der Waals surface area contributed by atoms with Crippen LogP contribution in [0.3, 0.4) is 0 Å².